The van der Waals surface area contributed by atoms with Crippen LogP contribution in [0.3, 0.4) is 0 Å². The molecule has 0 saturated heterocycles. The molecular weight excluding hydrogens is 322 g/mol. The van der Waals surface area contributed by atoms with Gasteiger partial charge in [0.05, 0.1) is 10.9 Å². The molecule has 0 radical (unpaired) electrons. The average Bonchev–Trinajstić information content (AvgIpc) is 2.40. The molecule has 0 bridgehead atoms. The Morgan fingerprint density at radius 2 is 1.54 bits per heavy atom. The minimum atomic E-state index is -3.77. The van der Waals surface area contributed by atoms with Crippen LogP contribution in [0.25, 0.3) is 0 Å². The first-order chi connectivity index (χ1) is 11.0. The predicted molar refractivity (Wildman–Crippen MR) is 98.6 cm³/mol. The van der Waals surface area contributed by atoms with Crippen LogP contribution < -0.4 is 4.72 Å². The smallest absolute Gasteiger partial charge is 0.241 e. The molecule has 1 atom stereocenters. The van der Waals surface area contributed by atoms with Gasteiger partial charge in [-0.05, 0) is 49.8 Å². The number of ketones is 1. The summed E-state index contributed by atoms with van der Waals surface area (Å²) >= 11 is 0. The van der Waals surface area contributed by atoms with Crippen LogP contribution in [0.2, 0.25) is 0 Å². The van der Waals surface area contributed by atoms with Crippen LogP contribution in [-0.2, 0) is 14.8 Å². The van der Waals surface area contributed by atoms with Crippen LogP contribution in [0.15, 0.2) is 29.2 Å². The van der Waals surface area contributed by atoms with Gasteiger partial charge >= 0.3 is 0 Å². The highest BCUT2D eigenvalue weighted by atomic mass is 32.2. The van der Waals surface area contributed by atoms with Gasteiger partial charge in [-0.3, -0.25) is 4.79 Å². The van der Waals surface area contributed by atoms with Gasteiger partial charge in [-0.15, -0.1) is 0 Å². The first-order valence-corrected chi connectivity index (χ1v) is 9.76. The Morgan fingerprint density at radius 3 is 1.96 bits per heavy atom. The highest BCUT2D eigenvalue weighted by molar-refractivity contribution is 7.89. The second-order valence-electron chi connectivity index (χ2n) is 7.08. The van der Waals surface area contributed by atoms with Crippen molar-refractivity contribution in [3.8, 4) is 0 Å². The lowest BCUT2D eigenvalue weighted by atomic mass is 10.00. The molecule has 0 aliphatic heterocycles. The Kier molecular flexibility index (Phi) is 6.93. The third-order valence-corrected chi connectivity index (χ3v) is 5.52. The van der Waals surface area contributed by atoms with E-state index < -0.39 is 16.1 Å². The van der Waals surface area contributed by atoms with Gasteiger partial charge in [0.1, 0.15) is 0 Å². The Hall–Kier alpha value is -1.46. The lowest BCUT2D eigenvalue weighted by Gasteiger charge is -2.21. The number of carbonyl (C=O) groups is 1. The summed E-state index contributed by atoms with van der Waals surface area (Å²) in [6.45, 7) is 13.1. The molecule has 1 aromatic rings. The van der Waals surface area contributed by atoms with E-state index in [1.807, 2.05) is 46.8 Å². The summed E-state index contributed by atoms with van der Waals surface area (Å²) in [5, 5.41) is 0. The number of aryl methyl sites for hydroxylation is 3. The van der Waals surface area contributed by atoms with Crippen molar-refractivity contribution in [2.24, 2.45) is 11.8 Å². The molecule has 0 unspecified atom stereocenters. The number of allylic oxidation sites excluding steroid dienone is 1. The van der Waals surface area contributed by atoms with Crippen molar-refractivity contribution >= 4 is 15.8 Å². The van der Waals surface area contributed by atoms with Crippen LogP contribution in [0.4, 0.5) is 0 Å². The molecule has 0 aromatic heterocycles. The Morgan fingerprint density at radius 1 is 1.04 bits per heavy atom. The molecule has 0 aliphatic carbocycles. The van der Waals surface area contributed by atoms with E-state index >= 15 is 0 Å². The molecule has 0 fully saturated rings. The number of benzene rings is 1. The van der Waals surface area contributed by atoms with Gasteiger partial charge < -0.3 is 0 Å². The summed E-state index contributed by atoms with van der Waals surface area (Å²) in [4.78, 5) is 12.7. The van der Waals surface area contributed by atoms with Crippen LogP contribution in [0, 0.1) is 32.6 Å². The number of sulfonamides is 1. The first-order valence-electron chi connectivity index (χ1n) is 8.28. The summed E-state index contributed by atoms with van der Waals surface area (Å²) in [7, 11) is -3.77. The summed E-state index contributed by atoms with van der Waals surface area (Å²) in [6.07, 6.45) is 3.26. The second kappa shape index (κ2) is 8.08. The first kappa shape index (κ1) is 20.6. The minimum absolute atomic E-state index is 0.143. The number of rotatable bonds is 7. The lowest BCUT2D eigenvalue weighted by Crippen LogP contribution is -2.44. The van der Waals surface area contributed by atoms with Crippen molar-refractivity contribution in [3.05, 3.63) is 41.0 Å². The third kappa shape index (κ3) is 5.28. The molecule has 1 rings (SSSR count). The van der Waals surface area contributed by atoms with Crippen molar-refractivity contribution in [2.75, 3.05) is 0 Å². The van der Waals surface area contributed by atoms with Crippen molar-refractivity contribution in [1.29, 1.82) is 0 Å². The number of hydrogen-bond acceptors (Lipinski definition) is 3. The molecule has 0 aliphatic rings. The van der Waals surface area contributed by atoms with E-state index in [1.165, 1.54) is 6.08 Å². The Balaban J connectivity index is 3.21. The molecule has 0 amide bonds. The molecule has 0 heterocycles. The fourth-order valence-corrected chi connectivity index (χ4v) is 4.54. The maximum absolute atomic E-state index is 12.9. The Labute approximate surface area is 146 Å². The van der Waals surface area contributed by atoms with Gasteiger partial charge in [0.25, 0.3) is 0 Å². The quantitative estimate of drug-likeness (QED) is 0.762. The largest absolute Gasteiger partial charge is 0.293 e. The third-order valence-electron chi connectivity index (χ3n) is 3.77. The van der Waals surface area contributed by atoms with Gasteiger partial charge in [0, 0.05) is 0 Å². The normalized spacial score (nSPS) is 13.9. The summed E-state index contributed by atoms with van der Waals surface area (Å²) in [5.41, 5.74) is 2.39. The molecule has 1 N–H and O–H groups in total. The van der Waals surface area contributed by atoms with Crippen LogP contribution >= 0.6 is 0 Å². The van der Waals surface area contributed by atoms with Crippen molar-refractivity contribution in [3.63, 3.8) is 0 Å². The monoisotopic (exact) mass is 351 g/mol. The highest BCUT2D eigenvalue weighted by Crippen LogP contribution is 2.22. The maximum Gasteiger partial charge on any atom is 0.241 e. The topological polar surface area (TPSA) is 63.2 Å². The Bertz CT molecular complexity index is 708. The van der Waals surface area contributed by atoms with Gasteiger partial charge in [0.2, 0.25) is 10.0 Å². The zero-order chi connectivity index (χ0) is 18.7. The summed E-state index contributed by atoms with van der Waals surface area (Å²) in [5.74, 6) is -0.125. The molecule has 0 saturated carbocycles. The predicted octanol–water partition coefficient (Wildman–Crippen LogP) is 3.70. The fraction of sp³-hybridized carbons (Fsp3) is 0.526. The zero-order valence-electron chi connectivity index (χ0n) is 15.7. The van der Waals surface area contributed by atoms with Crippen molar-refractivity contribution in [2.45, 2.75) is 59.4 Å². The molecular formula is C19H29NO3S. The molecule has 5 heteroatoms. The molecule has 1 aromatic carbocycles. The van der Waals surface area contributed by atoms with Crippen LogP contribution in [0.5, 0.6) is 0 Å². The summed E-state index contributed by atoms with van der Waals surface area (Å²) in [6, 6.07) is 2.91. The fourth-order valence-electron chi connectivity index (χ4n) is 2.73. The number of hydrogen-bond donors (Lipinski definition) is 1. The average molecular weight is 352 g/mol. The van der Waals surface area contributed by atoms with Crippen LogP contribution in [0.1, 0.15) is 44.4 Å². The second-order valence-corrected chi connectivity index (χ2v) is 8.73. The number of carbonyl (C=O) groups excluding carboxylic acids is 1. The zero-order valence-corrected chi connectivity index (χ0v) is 16.5. The van der Waals surface area contributed by atoms with E-state index in [2.05, 4.69) is 4.72 Å². The van der Waals surface area contributed by atoms with E-state index in [1.54, 1.807) is 19.9 Å². The molecule has 134 valence electrons. The van der Waals surface area contributed by atoms with Gasteiger partial charge in [0.15, 0.2) is 5.78 Å². The van der Waals surface area contributed by atoms with E-state index in [9.17, 15) is 13.2 Å². The number of nitrogens with one attached hydrogen (secondary N) is 1. The lowest BCUT2D eigenvalue weighted by molar-refractivity contribution is -0.117. The van der Waals surface area contributed by atoms with Gasteiger partial charge in [-0.25, -0.2) is 13.1 Å². The standard InChI is InChI=1S/C19H29NO3S/c1-12(2)8-9-17(21)18(13(3)4)20-24(22,23)19-15(6)10-14(5)11-16(19)7/h8-13,18,20H,1-7H3/b9-8+/t18-/m1/s1. The van der Waals surface area contributed by atoms with Crippen molar-refractivity contribution < 1.29 is 13.2 Å². The van der Waals surface area contributed by atoms with E-state index in [0.717, 1.165) is 5.56 Å². The SMILES string of the molecule is Cc1cc(C)c(S(=O)(=O)N[C@@H](C(=O)/C=C/C(C)C)C(C)C)c(C)c1. The highest BCUT2D eigenvalue weighted by Gasteiger charge is 2.28. The van der Waals surface area contributed by atoms with E-state index in [4.69, 9.17) is 0 Å². The van der Waals surface area contributed by atoms with Crippen molar-refractivity contribution in [1.82, 2.24) is 4.72 Å². The van der Waals surface area contributed by atoms with Crippen LogP contribution in [-0.4, -0.2) is 20.2 Å². The molecule has 0 spiro atoms. The van der Waals surface area contributed by atoms with E-state index in [-0.39, 0.29) is 22.5 Å². The molecule has 24 heavy (non-hydrogen) atoms. The minimum Gasteiger partial charge on any atom is -0.293 e. The maximum atomic E-state index is 12.9. The van der Waals surface area contributed by atoms with E-state index in [0.29, 0.717) is 11.1 Å². The molecule has 4 nitrogen and oxygen atoms in total. The van der Waals surface area contributed by atoms with Gasteiger partial charge in [-0.1, -0.05) is 51.5 Å². The van der Waals surface area contributed by atoms with Gasteiger partial charge in [-0.2, -0.15) is 0 Å². The summed E-state index contributed by atoms with van der Waals surface area (Å²) < 4.78 is 28.3.